The summed E-state index contributed by atoms with van der Waals surface area (Å²) in [7, 11) is 3.34. The molecule has 1 aromatic carbocycles. The fourth-order valence-electron chi connectivity index (χ4n) is 2.05. The minimum atomic E-state index is 0.208. The zero-order chi connectivity index (χ0) is 15.7. The van der Waals surface area contributed by atoms with Gasteiger partial charge in [0.2, 0.25) is 0 Å². The molecule has 1 atom stereocenters. The van der Waals surface area contributed by atoms with E-state index in [1.165, 1.54) is 0 Å². The molecule has 1 unspecified atom stereocenters. The standard InChI is InChI=1S/C17H29NO3/c1-13(2)8-10-21-11-9-18-14(3)16-7-6-15(19-4)12-17(16)20-5/h6-7,12-14,18H,8-11H2,1-5H3. The Bertz CT molecular complexity index is 407. The SMILES string of the molecule is COc1ccc(C(C)NCCOCCC(C)C)c(OC)c1. The van der Waals surface area contributed by atoms with Crippen molar-refractivity contribution >= 4 is 0 Å². The second-order valence-corrected chi connectivity index (χ2v) is 5.58. The molecule has 4 heteroatoms. The Labute approximate surface area is 128 Å². The van der Waals surface area contributed by atoms with Crippen LogP contribution in [0.15, 0.2) is 18.2 Å². The molecule has 0 aliphatic heterocycles. The molecule has 0 aliphatic rings. The van der Waals surface area contributed by atoms with Crippen molar-refractivity contribution in [3.63, 3.8) is 0 Å². The number of ether oxygens (including phenoxy) is 3. The zero-order valence-electron chi connectivity index (χ0n) is 13.9. The third-order valence-corrected chi connectivity index (χ3v) is 3.44. The van der Waals surface area contributed by atoms with E-state index < -0.39 is 0 Å². The van der Waals surface area contributed by atoms with Crippen molar-refractivity contribution in [1.82, 2.24) is 5.32 Å². The minimum Gasteiger partial charge on any atom is -0.497 e. The molecule has 120 valence electrons. The van der Waals surface area contributed by atoms with Crippen molar-refractivity contribution < 1.29 is 14.2 Å². The normalized spacial score (nSPS) is 12.5. The summed E-state index contributed by atoms with van der Waals surface area (Å²) in [5.74, 6) is 2.34. The Balaban J connectivity index is 2.39. The van der Waals surface area contributed by atoms with Gasteiger partial charge in [0, 0.05) is 30.8 Å². The maximum absolute atomic E-state index is 5.61. The van der Waals surface area contributed by atoms with E-state index in [9.17, 15) is 0 Å². The van der Waals surface area contributed by atoms with Gasteiger partial charge in [-0.25, -0.2) is 0 Å². The number of benzene rings is 1. The lowest BCUT2D eigenvalue weighted by Crippen LogP contribution is -2.24. The molecule has 0 heterocycles. The van der Waals surface area contributed by atoms with Crippen LogP contribution in [0.25, 0.3) is 0 Å². The molecule has 0 amide bonds. The highest BCUT2D eigenvalue weighted by molar-refractivity contribution is 5.42. The van der Waals surface area contributed by atoms with E-state index in [2.05, 4.69) is 26.1 Å². The van der Waals surface area contributed by atoms with E-state index in [0.29, 0.717) is 5.92 Å². The van der Waals surface area contributed by atoms with Crippen molar-refractivity contribution in [3.8, 4) is 11.5 Å². The largest absolute Gasteiger partial charge is 0.497 e. The van der Waals surface area contributed by atoms with Gasteiger partial charge in [0.05, 0.1) is 20.8 Å². The van der Waals surface area contributed by atoms with Gasteiger partial charge < -0.3 is 19.5 Å². The van der Waals surface area contributed by atoms with Crippen LogP contribution in [0.5, 0.6) is 11.5 Å². The molecule has 0 radical (unpaired) electrons. The van der Waals surface area contributed by atoms with Gasteiger partial charge in [-0.1, -0.05) is 19.9 Å². The van der Waals surface area contributed by atoms with Gasteiger partial charge in [-0.3, -0.25) is 0 Å². The summed E-state index contributed by atoms with van der Waals surface area (Å²) in [5, 5.41) is 3.45. The first kappa shape index (κ1) is 17.8. The lowest BCUT2D eigenvalue weighted by atomic mass is 10.1. The number of methoxy groups -OCH3 is 2. The predicted molar refractivity (Wildman–Crippen MR) is 86.2 cm³/mol. The monoisotopic (exact) mass is 295 g/mol. The highest BCUT2D eigenvalue weighted by Crippen LogP contribution is 2.29. The van der Waals surface area contributed by atoms with E-state index in [-0.39, 0.29) is 6.04 Å². The van der Waals surface area contributed by atoms with Gasteiger partial charge in [0.25, 0.3) is 0 Å². The van der Waals surface area contributed by atoms with Crippen LogP contribution in [-0.4, -0.2) is 34.0 Å². The molecule has 1 aromatic rings. The highest BCUT2D eigenvalue weighted by Gasteiger charge is 2.11. The second kappa shape index (κ2) is 9.64. The number of hydrogen-bond donors (Lipinski definition) is 1. The smallest absolute Gasteiger partial charge is 0.127 e. The molecule has 1 N–H and O–H groups in total. The average molecular weight is 295 g/mol. The fraction of sp³-hybridized carbons (Fsp3) is 0.647. The Morgan fingerprint density at radius 1 is 1.05 bits per heavy atom. The number of hydrogen-bond acceptors (Lipinski definition) is 4. The van der Waals surface area contributed by atoms with E-state index >= 15 is 0 Å². The Morgan fingerprint density at radius 3 is 2.43 bits per heavy atom. The summed E-state index contributed by atoms with van der Waals surface area (Å²) in [6.45, 7) is 8.93. The van der Waals surface area contributed by atoms with Crippen LogP contribution in [0, 0.1) is 5.92 Å². The van der Waals surface area contributed by atoms with E-state index in [4.69, 9.17) is 14.2 Å². The molecule has 4 nitrogen and oxygen atoms in total. The van der Waals surface area contributed by atoms with Crippen molar-refractivity contribution in [2.75, 3.05) is 34.0 Å². The van der Waals surface area contributed by atoms with Crippen LogP contribution < -0.4 is 14.8 Å². The van der Waals surface area contributed by atoms with Gasteiger partial charge >= 0.3 is 0 Å². The molecular formula is C17H29NO3. The molecule has 0 aliphatic carbocycles. The van der Waals surface area contributed by atoms with Gasteiger partial charge in [-0.2, -0.15) is 0 Å². The van der Waals surface area contributed by atoms with Crippen LogP contribution in [0.1, 0.15) is 38.8 Å². The third kappa shape index (κ3) is 6.36. The second-order valence-electron chi connectivity index (χ2n) is 5.58. The van der Waals surface area contributed by atoms with E-state index in [1.54, 1.807) is 14.2 Å². The van der Waals surface area contributed by atoms with Gasteiger partial charge in [-0.05, 0) is 25.3 Å². The van der Waals surface area contributed by atoms with Crippen molar-refractivity contribution in [1.29, 1.82) is 0 Å². The molecule has 0 bridgehead atoms. The molecular weight excluding hydrogens is 266 g/mol. The van der Waals surface area contributed by atoms with Gasteiger partial charge in [0.15, 0.2) is 0 Å². The van der Waals surface area contributed by atoms with Crippen molar-refractivity contribution in [2.45, 2.75) is 33.2 Å². The van der Waals surface area contributed by atoms with Gasteiger partial charge in [0.1, 0.15) is 11.5 Å². The first-order valence-corrected chi connectivity index (χ1v) is 7.61. The molecule has 0 aromatic heterocycles. The summed E-state index contributed by atoms with van der Waals surface area (Å²) >= 11 is 0. The summed E-state index contributed by atoms with van der Waals surface area (Å²) in [4.78, 5) is 0. The fourth-order valence-corrected chi connectivity index (χ4v) is 2.05. The Morgan fingerprint density at radius 2 is 1.81 bits per heavy atom. The highest BCUT2D eigenvalue weighted by atomic mass is 16.5. The molecule has 0 saturated carbocycles. The lowest BCUT2D eigenvalue weighted by molar-refractivity contribution is 0.123. The van der Waals surface area contributed by atoms with E-state index in [1.807, 2.05) is 18.2 Å². The quantitative estimate of drug-likeness (QED) is 0.671. The van der Waals surface area contributed by atoms with Crippen LogP contribution in [0.2, 0.25) is 0 Å². The van der Waals surface area contributed by atoms with Crippen LogP contribution in [0.4, 0.5) is 0 Å². The zero-order valence-corrected chi connectivity index (χ0v) is 13.9. The summed E-state index contributed by atoms with van der Waals surface area (Å²) in [6.07, 6.45) is 1.11. The molecule has 0 spiro atoms. The molecule has 0 fully saturated rings. The number of nitrogens with one attached hydrogen (secondary N) is 1. The summed E-state index contributed by atoms with van der Waals surface area (Å²) in [5.41, 5.74) is 1.13. The van der Waals surface area contributed by atoms with E-state index in [0.717, 1.165) is 43.2 Å². The maximum atomic E-state index is 5.61. The maximum Gasteiger partial charge on any atom is 0.127 e. The average Bonchev–Trinajstić information content (AvgIpc) is 2.49. The van der Waals surface area contributed by atoms with Crippen LogP contribution >= 0.6 is 0 Å². The Kier molecular flexibility index (Phi) is 8.16. The van der Waals surface area contributed by atoms with Crippen LogP contribution in [0.3, 0.4) is 0 Å². The molecule has 1 rings (SSSR count). The first-order valence-electron chi connectivity index (χ1n) is 7.61. The number of rotatable bonds is 10. The van der Waals surface area contributed by atoms with Crippen molar-refractivity contribution in [2.24, 2.45) is 5.92 Å². The van der Waals surface area contributed by atoms with Crippen LogP contribution in [-0.2, 0) is 4.74 Å². The molecule has 0 saturated heterocycles. The minimum absolute atomic E-state index is 0.208. The summed E-state index contributed by atoms with van der Waals surface area (Å²) in [6, 6.07) is 6.11. The lowest BCUT2D eigenvalue weighted by Gasteiger charge is -2.18. The van der Waals surface area contributed by atoms with Crippen molar-refractivity contribution in [3.05, 3.63) is 23.8 Å². The first-order chi connectivity index (χ1) is 10.1. The third-order valence-electron chi connectivity index (χ3n) is 3.44. The Hall–Kier alpha value is -1.26. The topological polar surface area (TPSA) is 39.7 Å². The van der Waals surface area contributed by atoms with Gasteiger partial charge in [-0.15, -0.1) is 0 Å². The predicted octanol–water partition coefficient (Wildman–Crippen LogP) is 3.42. The molecule has 21 heavy (non-hydrogen) atoms. The summed E-state index contributed by atoms with van der Waals surface area (Å²) < 4.78 is 16.3.